The lowest BCUT2D eigenvalue weighted by molar-refractivity contribution is -0.137. The molecule has 8 nitrogen and oxygen atoms in total. The fraction of sp³-hybridized carbons (Fsp3) is 0.270. The summed E-state index contributed by atoms with van der Waals surface area (Å²) in [5.74, 6) is -1.59. The number of aliphatic carboxylic acids is 1. The summed E-state index contributed by atoms with van der Waals surface area (Å²) in [6.45, 7) is 2.77. The molecule has 0 saturated carbocycles. The molecule has 8 heteroatoms. The molecule has 0 fully saturated rings. The van der Waals surface area contributed by atoms with Gasteiger partial charge in [0.15, 0.2) is 0 Å². The van der Waals surface area contributed by atoms with Crippen molar-refractivity contribution < 1.29 is 24.2 Å². The third-order valence-electron chi connectivity index (χ3n) is 8.05. The van der Waals surface area contributed by atoms with Gasteiger partial charge in [0.2, 0.25) is 5.91 Å². The number of hydrogen-bond acceptors (Lipinski definition) is 5. The minimum absolute atomic E-state index is 0.0422. The first-order valence-corrected chi connectivity index (χ1v) is 15.4. The van der Waals surface area contributed by atoms with Gasteiger partial charge in [-0.05, 0) is 46.2 Å². The number of carbonyl (C=O) groups excluding carboxylic acids is 2. The van der Waals surface area contributed by atoms with Crippen LogP contribution in [0, 0.1) is 0 Å². The van der Waals surface area contributed by atoms with Gasteiger partial charge in [0.25, 0.3) is 0 Å². The average Bonchev–Trinajstić information content (AvgIpc) is 3.38. The van der Waals surface area contributed by atoms with Crippen molar-refractivity contribution in [2.75, 3.05) is 19.7 Å². The SMILES string of the molecule is O=C(O)CCC(NC(=O)OCC1c2ccccc2-c2ccccc21)C(=O)NCCCN(Cc1ccccc1)Cc1ccccc1. The van der Waals surface area contributed by atoms with Crippen molar-refractivity contribution in [3.8, 4) is 11.1 Å². The van der Waals surface area contributed by atoms with Crippen LogP contribution in [-0.4, -0.2) is 53.7 Å². The number of nitrogens with zero attached hydrogens (tertiary/aromatic N) is 1. The van der Waals surface area contributed by atoms with E-state index in [4.69, 9.17) is 4.74 Å². The number of carboxylic acids is 1. The van der Waals surface area contributed by atoms with E-state index in [1.54, 1.807) is 0 Å². The van der Waals surface area contributed by atoms with Gasteiger partial charge in [0.05, 0.1) is 0 Å². The predicted molar refractivity (Wildman–Crippen MR) is 173 cm³/mol. The molecule has 0 heterocycles. The molecule has 1 atom stereocenters. The van der Waals surface area contributed by atoms with Crippen molar-refractivity contribution in [1.29, 1.82) is 0 Å². The van der Waals surface area contributed by atoms with Gasteiger partial charge in [-0.25, -0.2) is 4.79 Å². The number of rotatable bonds is 15. The number of ether oxygens (including phenoxy) is 1. The maximum absolute atomic E-state index is 13.1. The second-order valence-corrected chi connectivity index (χ2v) is 11.3. The number of alkyl carbamates (subject to hydrolysis) is 1. The number of carbonyl (C=O) groups is 3. The molecule has 232 valence electrons. The Morgan fingerprint density at radius 3 is 1.84 bits per heavy atom. The zero-order valence-electron chi connectivity index (χ0n) is 25.2. The fourth-order valence-electron chi connectivity index (χ4n) is 5.85. The first-order valence-electron chi connectivity index (χ1n) is 15.4. The molecule has 1 aliphatic carbocycles. The Hall–Kier alpha value is -4.95. The number of amides is 2. The largest absolute Gasteiger partial charge is 0.481 e. The van der Waals surface area contributed by atoms with E-state index in [1.807, 2.05) is 72.8 Å². The van der Waals surface area contributed by atoms with Gasteiger partial charge in [-0.2, -0.15) is 0 Å². The highest BCUT2D eigenvalue weighted by atomic mass is 16.5. The van der Waals surface area contributed by atoms with Crippen LogP contribution >= 0.6 is 0 Å². The third kappa shape index (κ3) is 8.80. The van der Waals surface area contributed by atoms with Gasteiger partial charge >= 0.3 is 12.1 Å². The maximum atomic E-state index is 13.1. The van der Waals surface area contributed by atoms with Crippen molar-refractivity contribution in [3.05, 3.63) is 131 Å². The maximum Gasteiger partial charge on any atom is 0.407 e. The van der Waals surface area contributed by atoms with Crippen LogP contribution in [0.25, 0.3) is 11.1 Å². The second kappa shape index (κ2) is 15.7. The van der Waals surface area contributed by atoms with E-state index in [2.05, 4.69) is 51.9 Å². The molecule has 1 unspecified atom stereocenters. The molecule has 0 bridgehead atoms. The van der Waals surface area contributed by atoms with Crippen LogP contribution in [-0.2, 0) is 27.4 Å². The molecular formula is C37H39N3O5. The monoisotopic (exact) mass is 605 g/mol. The highest BCUT2D eigenvalue weighted by molar-refractivity contribution is 5.86. The van der Waals surface area contributed by atoms with E-state index in [-0.39, 0.29) is 25.4 Å². The van der Waals surface area contributed by atoms with Crippen LogP contribution in [0.2, 0.25) is 0 Å². The van der Waals surface area contributed by atoms with Crippen LogP contribution < -0.4 is 10.6 Å². The molecule has 0 spiro atoms. The Labute approximate surface area is 264 Å². The van der Waals surface area contributed by atoms with E-state index >= 15 is 0 Å². The van der Waals surface area contributed by atoms with Gasteiger partial charge in [-0.15, -0.1) is 0 Å². The molecule has 2 amide bonds. The molecule has 4 aromatic carbocycles. The highest BCUT2D eigenvalue weighted by Gasteiger charge is 2.30. The summed E-state index contributed by atoms with van der Waals surface area (Å²) in [7, 11) is 0. The molecule has 5 rings (SSSR count). The highest BCUT2D eigenvalue weighted by Crippen LogP contribution is 2.44. The van der Waals surface area contributed by atoms with Crippen molar-refractivity contribution in [2.45, 2.75) is 44.3 Å². The van der Waals surface area contributed by atoms with E-state index in [1.165, 1.54) is 11.1 Å². The van der Waals surface area contributed by atoms with Crippen molar-refractivity contribution >= 4 is 18.0 Å². The standard InChI is InChI=1S/C37H39N3O5/c41-35(42)21-20-34(39-37(44)45-26-33-31-18-9-7-16-29(31)30-17-8-10-19-32(30)33)36(43)38-22-11-23-40(24-27-12-3-1-4-13-27)25-28-14-5-2-6-15-28/h1-10,12-19,33-34H,11,20-26H2,(H,38,43)(H,39,44)(H,41,42). The molecule has 0 aliphatic heterocycles. The summed E-state index contributed by atoms with van der Waals surface area (Å²) in [5, 5.41) is 14.7. The molecule has 0 saturated heterocycles. The quantitative estimate of drug-likeness (QED) is 0.144. The Morgan fingerprint density at radius 1 is 0.756 bits per heavy atom. The van der Waals surface area contributed by atoms with Crippen LogP contribution in [0.15, 0.2) is 109 Å². The molecule has 3 N–H and O–H groups in total. The number of benzene rings is 4. The topological polar surface area (TPSA) is 108 Å². The lowest BCUT2D eigenvalue weighted by Gasteiger charge is -2.23. The zero-order valence-corrected chi connectivity index (χ0v) is 25.2. The van der Waals surface area contributed by atoms with E-state index in [0.717, 1.165) is 41.9 Å². The second-order valence-electron chi connectivity index (χ2n) is 11.3. The Bertz CT molecular complexity index is 1490. The van der Waals surface area contributed by atoms with Gasteiger partial charge in [0.1, 0.15) is 12.6 Å². The summed E-state index contributed by atoms with van der Waals surface area (Å²) in [5.41, 5.74) is 6.82. The molecule has 4 aromatic rings. The Balaban J connectivity index is 1.14. The first kappa shape index (κ1) is 31.5. The predicted octanol–water partition coefficient (Wildman–Crippen LogP) is 5.97. The van der Waals surface area contributed by atoms with Gasteiger partial charge in [-0.1, -0.05) is 109 Å². The fourth-order valence-corrected chi connectivity index (χ4v) is 5.85. The molecule has 1 aliphatic rings. The summed E-state index contributed by atoms with van der Waals surface area (Å²) in [6, 6.07) is 35.6. The average molecular weight is 606 g/mol. The third-order valence-corrected chi connectivity index (χ3v) is 8.05. The molecule has 45 heavy (non-hydrogen) atoms. The molecule has 0 radical (unpaired) electrons. The van der Waals surface area contributed by atoms with Gasteiger partial charge in [0, 0.05) is 38.5 Å². The normalized spacial score (nSPS) is 12.6. The lowest BCUT2D eigenvalue weighted by atomic mass is 9.98. The Morgan fingerprint density at radius 2 is 1.29 bits per heavy atom. The lowest BCUT2D eigenvalue weighted by Crippen LogP contribution is -2.47. The van der Waals surface area contributed by atoms with Crippen molar-refractivity contribution in [2.24, 2.45) is 0 Å². The summed E-state index contributed by atoms with van der Waals surface area (Å²) in [6.07, 6.45) is -0.371. The smallest absolute Gasteiger partial charge is 0.407 e. The van der Waals surface area contributed by atoms with E-state index < -0.39 is 24.0 Å². The van der Waals surface area contributed by atoms with Crippen LogP contribution in [0.3, 0.4) is 0 Å². The van der Waals surface area contributed by atoms with E-state index in [9.17, 15) is 19.5 Å². The van der Waals surface area contributed by atoms with Crippen molar-refractivity contribution in [3.63, 3.8) is 0 Å². The van der Waals surface area contributed by atoms with Gasteiger partial charge < -0.3 is 20.5 Å². The summed E-state index contributed by atoms with van der Waals surface area (Å²) >= 11 is 0. The Kier molecular flexibility index (Phi) is 11.0. The van der Waals surface area contributed by atoms with Gasteiger partial charge in [-0.3, -0.25) is 14.5 Å². The number of carboxylic acid groups (broad SMARTS) is 1. The van der Waals surface area contributed by atoms with Crippen LogP contribution in [0.4, 0.5) is 4.79 Å². The number of hydrogen-bond donors (Lipinski definition) is 3. The molecular weight excluding hydrogens is 566 g/mol. The summed E-state index contributed by atoms with van der Waals surface area (Å²) < 4.78 is 5.61. The minimum Gasteiger partial charge on any atom is -0.481 e. The number of nitrogens with one attached hydrogen (secondary N) is 2. The minimum atomic E-state index is -1.04. The van der Waals surface area contributed by atoms with Crippen LogP contribution in [0.5, 0.6) is 0 Å². The first-order chi connectivity index (χ1) is 22.0. The summed E-state index contributed by atoms with van der Waals surface area (Å²) in [4.78, 5) is 39.6. The number of fused-ring (bicyclic) bond motifs is 3. The van der Waals surface area contributed by atoms with Crippen LogP contribution in [0.1, 0.15) is 47.4 Å². The molecule has 0 aromatic heterocycles. The van der Waals surface area contributed by atoms with Crippen molar-refractivity contribution in [1.82, 2.24) is 15.5 Å². The zero-order chi connectivity index (χ0) is 31.4. The van der Waals surface area contributed by atoms with E-state index in [0.29, 0.717) is 13.0 Å².